The largest absolute Gasteiger partial charge is 0.455 e. The van der Waals surface area contributed by atoms with E-state index in [1.165, 1.54) is 75.5 Å². The molecule has 2 heterocycles. The zero-order valence-corrected chi connectivity index (χ0v) is 36.3. The Morgan fingerprint density at radius 2 is 1.03 bits per heavy atom. The lowest BCUT2D eigenvalue weighted by atomic mass is 9.82. The number of hydrogen-bond acceptors (Lipinski definition) is 3. The van der Waals surface area contributed by atoms with Crippen molar-refractivity contribution in [3.8, 4) is 44.5 Å². The van der Waals surface area contributed by atoms with Gasteiger partial charge in [-0.25, -0.2) is 0 Å². The van der Waals surface area contributed by atoms with Gasteiger partial charge in [0.25, 0.3) is 0 Å². The Balaban J connectivity index is 0.958. The Hall–Kier alpha value is -7.72. The number of benzene rings is 10. The molecular formula is C61H41NOS. The van der Waals surface area contributed by atoms with Crippen molar-refractivity contribution in [2.45, 2.75) is 19.3 Å². The van der Waals surface area contributed by atoms with Crippen molar-refractivity contribution in [3.05, 3.63) is 223 Å². The van der Waals surface area contributed by atoms with Gasteiger partial charge in [-0.2, -0.15) is 0 Å². The molecule has 2 aromatic heterocycles. The fraction of sp³-hybridized carbons (Fsp3) is 0.0492. The van der Waals surface area contributed by atoms with Gasteiger partial charge in [0, 0.05) is 65.1 Å². The molecule has 0 atom stereocenters. The number of anilines is 3. The molecule has 0 fully saturated rings. The number of fused-ring (bicyclic) bond motifs is 10. The summed E-state index contributed by atoms with van der Waals surface area (Å²) in [5, 5.41) is 7.22. The van der Waals surface area contributed by atoms with Crippen LogP contribution in [0, 0.1) is 0 Å². The van der Waals surface area contributed by atoms with Gasteiger partial charge in [-0.05, 0) is 109 Å². The van der Waals surface area contributed by atoms with E-state index in [1.54, 1.807) is 0 Å². The normalized spacial score (nSPS) is 13.0. The van der Waals surface area contributed by atoms with E-state index in [0.29, 0.717) is 0 Å². The fourth-order valence-electron chi connectivity index (χ4n) is 10.5. The molecule has 3 heteroatoms. The lowest BCUT2D eigenvalue weighted by Gasteiger charge is -2.28. The third-order valence-electron chi connectivity index (χ3n) is 13.7. The third-order valence-corrected chi connectivity index (χ3v) is 14.9. The van der Waals surface area contributed by atoms with Crippen LogP contribution in [0.1, 0.15) is 25.0 Å². The number of hydrogen-bond donors (Lipinski definition) is 0. The molecule has 0 aliphatic heterocycles. The average molecular weight is 836 g/mol. The first-order chi connectivity index (χ1) is 31.5. The first-order valence-electron chi connectivity index (χ1n) is 22.1. The van der Waals surface area contributed by atoms with Crippen LogP contribution in [0.2, 0.25) is 0 Å². The minimum absolute atomic E-state index is 0.129. The second-order valence-corrected chi connectivity index (χ2v) is 18.7. The molecule has 10 aromatic carbocycles. The molecule has 1 aliphatic rings. The van der Waals surface area contributed by atoms with Crippen molar-refractivity contribution < 1.29 is 4.42 Å². The predicted octanol–water partition coefficient (Wildman–Crippen LogP) is 17.9. The molecule has 0 spiro atoms. The molecule has 0 amide bonds. The van der Waals surface area contributed by atoms with Crippen LogP contribution >= 0.6 is 11.3 Å². The molecule has 2 nitrogen and oxygen atoms in total. The van der Waals surface area contributed by atoms with Crippen molar-refractivity contribution in [2.24, 2.45) is 0 Å². The molecule has 0 saturated heterocycles. The Morgan fingerprint density at radius 1 is 0.406 bits per heavy atom. The Kier molecular flexibility index (Phi) is 8.16. The van der Waals surface area contributed by atoms with E-state index in [9.17, 15) is 0 Å². The minimum atomic E-state index is -0.129. The Bertz CT molecular complexity index is 3800. The highest BCUT2D eigenvalue weighted by molar-refractivity contribution is 7.26. The molecule has 0 saturated carbocycles. The maximum Gasteiger partial charge on any atom is 0.143 e. The van der Waals surface area contributed by atoms with Gasteiger partial charge < -0.3 is 9.32 Å². The molecule has 0 unspecified atom stereocenters. The Labute approximate surface area is 375 Å². The summed E-state index contributed by atoms with van der Waals surface area (Å²) in [7, 11) is 0. The first kappa shape index (κ1) is 36.9. The summed E-state index contributed by atoms with van der Waals surface area (Å²) in [5.41, 5.74) is 17.3. The average Bonchev–Trinajstić information content (AvgIpc) is 3.98. The summed E-state index contributed by atoms with van der Waals surface area (Å²) < 4.78 is 9.76. The van der Waals surface area contributed by atoms with Gasteiger partial charge >= 0.3 is 0 Å². The lowest BCUT2D eigenvalue weighted by Crippen LogP contribution is -2.16. The van der Waals surface area contributed by atoms with E-state index < -0.39 is 0 Å². The zero-order chi connectivity index (χ0) is 42.5. The second kappa shape index (κ2) is 14.2. The number of furan rings is 1. The summed E-state index contributed by atoms with van der Waals surface area (Å²) >= 11 is 1.87. The first-order valence-corrected chi connectivity index (χ1v) is 22.9. The maximum atomic E-state index is 7.12. The molecule has 0 N–H and O–H groups in total. The smallest absolute Gasteiger partial charge is 0.143 e. The summed E-state index contributed by atoms with van der Waals surface area (Å²) in [4.78, 5) is 2.38. The molecule has 12 aromatic rings. The topological polar surface area (TPSA) is 16.4 Å². The number of rotatable bonds is 6. The predicted molar refractivity (Wildman–Crippen MR) is 273 cm³/mol. The van der Waals surface area contributed by atoms with Crippen LogP contribution in [-0.4, -0.2) is 0 Å². The van der Waals surface area contributed by atoms with Crippen LogP contribution in [0.15, 0.2) is 217 Å². The quantitative estimate of drug-likeness (QED) is 0.166. The van der Waals surface area contributed by atoms with Crippen LogP contribution in [-0.2, 0) is 5.41 Å². The van der Waals surface area contributed by atoms with Crippen LogP contribution < -0.4 is 4.90 Å². The van der Waals surface area contributed by atoms with Gasteiger partial charge in [-0.1, -0.05) is 172 Å². The van der Waals surface area contributed by atoms with Crippen molar-refractivity contribution in [3.63, 3.8) is 0 Å². The van der Waals surface area contributed by atoms with Crippen LogP contribution in [0.5, 0.6) is 0 Å². The zero-order valence-electron chi connectivity index (χ0n) is 35.5. The van der Waals surface area contributed by atoms with E-state index in [0.717, 1.165) is 50.1 Å². The molecule has 64 heavy (non-hydrogen) atoms. The molecule has 0 radical (unpaired) electrons. The fourth-order valence-corrected chi connectivity index (χ4v) is 11.7. The van der Waals surface area contributed by atoms with E-state index in [2.05, 4.69) is 231 Å². The van der Waals surface area contributed by atoms with E-state index in [-0.39, 0.29) is 5.41 Å². The molecule has 302 valence electrons. The van der Waals surface area contributed by atoms with Gasteiger partial charge in [0.15, 0.2) is 0 Å². The third kappa shape index (κ3) is 5.64. The monoisotopic (exact) mass is 835 g/mol. The maximum absolute atomic E-state index is 7.12. The van der Waals surface area contributed by atoms with Gasteiger partial charge in [-0.15, -0.1) is 11.3 Å². The van der Waals surface area contributed by atoms with E-state index in [4.69, 9.17) is 4.42 Å². The van der Waals surface area contributed by atoms with Crippen molar-refractivity contribution >= 4 is 81.3 Å². The van der Waals surface area contributed by atoms with E-state index in [1.807, 2.05) is 11.3 Å². The van der Waals surface area contributed by atoms with Gasteiger partial charge in [0.2, 0.25) is 0 Å². The van der Waals surface area contributed by atoms with Gasteiger partial charge in [0.1, 0.15) is 11.2 Å². The highest BCUT2D eigenvalue weighted by Crippen LogP contribution is 2.51. The summed E-state index contributed by atoms with van der Waals surface area (Å²) in [6.45, 7) is 4.70. The van der Waals surface area contributed by atoms with Crippen LogP contribution in [0.4, 0.5) is 17.1 Å². The summed E-state index contributed by atoms with van der Waals surface area (Å²) in [5.74, 6) is 0. The highest BCUT2D eigenvalue weighted by Gasteiger charge is 2.36. The lowest BCUT2D eigenvalue weighted by molar-refractivity contribution is 0.660. The molecule has 13 rings (SSSR count). The minimum Gasteiger partial charge on any atom is -0.455 e. The highest BCUT2D eigenvalue weighted by atomic mass is 32.1. The van der Waals surface area contributed by atoms with Crippen LogP contribution in [0.25, 0.3) is 97.4 Å². The van der Waals surface area contributed by atoms with Gasteiger partial charge in [-0.3, -0.25) is 0 Å². The second-order valence-electron chi connectivity index (χ2n) is 17.6. The molecular weight excluding hydrogens is 795 g/mol. The van der Waals surface area contributed by atoms with Crippen molar-refractivity contribution in [1.82, 2.24) is 0 Å². The number of nitrogens with zero attached hydrogens (tertiary/aromatic N) is 1. The standard InChI is InChI=1S/C61H41NOS/c1-61(2)54-21-10-8-17-48(54)49-33-31-44(36-55(49)61)62(43-29-27-39(28-30-43)38-13-4-3-5-14-38)45-32-34-50-53-35-42-15-6-7-16-46(42)58(59(53)63-56(50)37-45)41-25-23-40(24-26-41)47-19-12-20-52-51-18-9-11-22-57(51)64-60(47)52/h3-37H,1-2H3. The van der Waals surface area contributed by atoms with Gasteiger partial charge in [0.05, 0.1) is 0 Å². The molecule has 0 bridgehead atoms. The number of thiophene rings is 1. The van der Waals surface area contributed by atoms with Crippen molar-refractivity contribution in [1.29, 1.82) is 0 Å². The SMILES string of the molecule is CC1(C)c2ccccc2-c2ccc(N(c3ccc(-c4ccccc4)cc3)c3ccc4c(c3)oc3c(-c5ccc(-c6cccc7c6sc6ccccc67)cc5)c5ccccc5cc34)cc21. The Morgan fingerprint density at radius 3 is 1.89 bits per heavy atom. The van der Waals surface area contributed by atoms with E-state index >= 15 is 0 Å². The van der Waals surface area contributed by atoms with Crippen LogP contribution in [0.3, 0.4) is 0 Å². The van der Waals surface area contributed by atoms with Crippen molar-refractivity contribution in [2.75, 3.05) is 4.90 Å². The summed E-state index contributed by atoms with van der Waals surface area (Å²) in [6.07, 6.45) is 0. The summed E-state index contributed by atoms with van der Waals surface area (Å²) in [6, 6.07) is 77.7. The molecule has 1 aliphatic carbocycles.